The number of primary amides is 1. The molecule has 8 heteroatoms. The van der Waals surface area contributed by atoms with E-state index in [0.717, 1.165) is 23.5 Å². The molecule has 2 amide bonds. The first-order chi connectivity index (χ1) is 13.5. The summed E-state index contributed by atoms with van der Waals surface area (Å²) in [6.07, 6.45) is 0.853. The third-order valence-electron chi connectivity index (χ3n) is 4.46. The maximum Gasteiger partial charge on any atom is 0.251 e. The Morgan fingerprint density at radius 2 is 1.93 bits per heavy atom. The van der Waals surface area contributed by atoms with E-state index in [1.54, 1.807) is 11.4 Å². The van der Waals surface area contributed by atoms with Crippen LogP contribution in [-0.4, -0.2) is 31.6 Å². The number of carbonyl (C=O) groups is 2. The maximum absolute atomic E-state index is 12.4. The number of nitrogens with one attached hydrogen (secondary N) is 2. The largest absolute Gasteiger partial charge is 0.490 e. The molecule has 4 N–H and O–H groups in total. The van der Waals surface area contributed by atoms with Crippen LogP contribution in [0.1, 0.15) is 42.2 Å². The molecule has 2 heterocycles. The van der Waals surface area contributed by atoms with E-state index >= 15 is 0 Å². The van der Waals surface area contributed by atoms with Crippen LogP contribution in [0.5, 0.6) is 11.5 Å². The van der Waals surface area contributed by atoms with Crippen molar-refractivity contribution in [3.05, 3.63) is 40.8 Å². The molecule has 28 heavy (non-hydrogen) atoms. The van der Waals surface area contributed by atoms with Crippen molar-refractivity contribution in [2.75, 3.05) is 25.1 Å². The third kappa shape index (κ3) is 4.82. The number of anilines is 1. The second-order valence-electron chi connectivity index (χ2n) is 6.94. The number of fused-ring (bicyclic) bond motifs is 1. The van der Waals surface area contributed by atoms with Crippen molar-refractivity contribution in [2.45, 2.75) is 26.3 Å². The molecule has 1 unspecified atom stereocenters. The predicted octanol–water partition coefficient (Wildman–Crippen LogP) is 2.93. The van der Waals surface area contributed by atoms with E-state index in [4.69, 9.17) is 15.2 Å². The second kappa shape index (κ2) is 9.07. The molecule has 0 fully saturated rings. The van der Waals surface area contributed by atoms with Crippen molar-refractivity contribution in [3.63, 3.8) is 0 Å². The van der Waals surface area contributed by atoms with Gasteiger partial charge < -0.3 is 25.8 Å². The van der Waals surface area contributed by atoms with Crippen molar-refractivity contribution in [2.24, 2.45) is 11.7 Å². The maximum atomic E-state index is 12.4. The Labute approximate surface area is 168 Å². The molecule has 0 aliphatic carbocycles. The lowest BCUT2D eigenvalue weighted by Gasteiger charge is -2.23. The smallest absolute Gasteiger partial charge is 0.251 e. The first-order valence-corrected chi connectivity index (χ1v) is 10.1. The minimum Gasteiger partial charge on any atom is -0.490 e. The van der Waals surface area contributed by atoms with Gasteiger partial charge in [-0.25, -0.2) is 0 Å². The SMILES string of the molecule is CC(C)C(NCC(=O)Nc1sccc1C(N)=O)c1ccc2c(c1)OCCCO2. The van der Waals surface area contributed by atoms with Gasteiger partial charge in [-0.1, -0.05) is 19.9 Å². The van der Waals surface area contributed by atoms with Gasteiger partial charge in [0.25, 0.3) is 5.91 Å². The molecular formula is C20H25N3O4S. The Bertz CT molecular complexity index is 850. The molecule has 0 saturated carbocycles. The second-order valence-corrected chi connectivity index (χ2v) is 7.85. The number of benzene rings is 1. The minimum atomic E-state index is -0.559. The van der Waals surface area contributed by atoms with Gasteiger partial charge in [-0.3, -0.25) is 9.59 Å². The lowest BCUT2D eigenvalue weighted by atomic mass is 9.95. The molecule has 1 atom stereocenters. The number of rotatable bonds is 7. The first-order valence-electron chi connectivity index (χ1n) is 9.25. The Morgan fingerprint density at radius 3 is 2.64 bits per heavy atom. The summed E-state index contributed by atoms with van der Waals surface area (Å²) in [4.78, 5) is 23.7. The molecule has 1 aliphatic heterocycles. The van der Waals surface area contributed by atoms with Crippen LogP contribution in [0.25, 0.3) is 0 Å². The first kappa shape index (κ1) is 20.2. The van der Waals surface area contributed by atoms with E-state index in [-0.39, 0.29) is 24.4 Å². The Balaban J connectivity index is 1.66. The van der Waals surface area contributed by atoms with E-state index in [9.17, 15) is 9.59 Å². The molecule has 0 spiro atoms. The van der Waals surface area contributed by atoms with Crippen LogP contribution in [-0.2, 0) is 4.79 Å². The van der Waals surface area contributed by atoms with E-state index in [2.05, 4.69) is 24.5 Å². The third-order valence-corrected chi connectivity index (χ3v) is 5.29. The normalized spacial score (nSPS) is 14.4. The molecular weight excluding hydrogens is 378 g/mol. The fraction of sp³-hybridized carbons (Fsp3) is 0.400. The van der Waals surface area contributed by atoms with Crippen LogP contribution in [0.2, 0.25) is 0 Å². The predicted molar refractivity (Wildman–Crippen MR) is 109 cm³/mol. The number of nitrogens with two attached hydrogens (primary N) is 1. The quantitative estimate of drug-likeness (QED) is 0.660. The zero-order chi connectivity index (χ0) is 20.1. The fourth-order valence-electron chi connectivity index (χ4n) is 3.09. The van der Waals surface area contributed by atoms with Gasteiger partial charge in [0.2, 0.25) is 5.91 Å². The van der Waals surface area contributed by atoms with Crippen LogP contribution >= 0.6 is 11.3 Å². The average molecular weight is 404 g/mol. The van der Waals surface area contributed by atoms with Gasteiger partial charge >= 0.3 is 0 Å². The van der Waals surface area contributed by atoms with E-state index in [1.807, 2.05) is 18.2 Å². The molecule has 7 nitrogen and oxygen atoms in total. The highest BCUT2D eigenvalue weighted by atomic mass is 32.1. The van der Waals surface area contributed by atoms with Crippen LogP contribution < -0.4 is 25.8 Å². The summed E-state index contributed by atoms with van der Waals surface area (Å²) in [6.45, 7) is 5.55. The zero-order valence-electron chi connectivity index (χ0n) is 16.0. The minimum absolute atomic E-state index is 0.0400. The van der Waals surface area contributed by atoms with Gasteiger partial charge in [0.15, 0.2) is 11.5 Å². The summed E-state index contributed by atoms with van der Waals surface area (Å²) < 4.78 is 11.5. The zero-order valence-corrected chi connectivity index (χ0v) is 16.8. The topological polar surface area (TPSA) is 103 Å². The van der Waals surface area contributed by atoms with E-state index in [0.29, 0.717) is 23.8 Å². The molecule has 1 aliphatic rings. The summed E-state index contributed by atoms with van der Waals surface area (Å²) >= 11 is 1.27. The average Bonchev–Trinajstić information content (AvgIpc) is 2.98. The van der Waals surface area contributed by atoms with E-state index in [1.165, 1.54) is 11.3 Å². The summed E-state index contributed by atoms with van der Waals surface area (Å²) in [5, 5.41) is 8.23. The number of hydrogen-bond acceptors (Lipinski definition) is 6. The molecule has 150 valence electrons. The Hall–Kier alpha value is -2.58. The number of carbonyl (C=O) groups excluding carboxylic acids is 2. The van der Waals surface area contributed by atoms with Crippen LogP contribution in [0.4, 0.5) is 5.00 Å². The molecule has 0 saturated heterocycles. The van der Waals surface area contributed by atoms with Crippen molar-refractivity contribution in [3.8, 4) is 11.5 Å². The summed E-state index contributed by atoms with van der Waals surface area (Å²) in [5.41, 5.74) is 6.67. The highest BCUT2D eigenvalue weighted by Crippen LogP contribution is 2.34. The number of ether oxygens (including phenoxy) is 2. The van der Waals surface area contributed by atoms with Crippen LogP contribution in [0.3, 0.4) is 0 Å². The lowest BCUT2D eigenvalue weighted by molar-refractivity contribution is -0.115. The van der Waals surface area contributed by atoms with Crippen molar-refractivity contribution < 1.29 is 19.1 Å². The van der Waals surface area contributed by atoms with E-state index < -0.39 is 5.91 Å². The van der Waals surface area contributed by atoms with Gasteiger partial charge in [-0.2, -0.15) is 0 Å². The van der Waals surface area contributed by atoms with Crippen LogP contribution in [0.15, 0.2) is 29.6 Å². The molecule has 0 radical (unpaired) electrons. The summed E-state index contributed by atoms with van der Waals surface area (Å²) in [6, 6.07) is 7.44. The molecule has 1 aromatic carbocycles. The molecule has 1 aromatic heterocycles. The number of thiophene rings is 1. The molecule has 2 aromatic rings. The monoisotopic (exact) mass is 403 g/mol. The Kier molecular flexibility index (Phi) is 6.53. The molecule has 3 rings (SSSR count). The number of hydrogen-bond donors (Lipinski definition) is 3. The van der Waals surface area contributed by atoms with Crippen molar-refractivity contribution in [1.29, 1.82) is 0 Å². The fourth-order valence-corrected chi connectivity index (χ4v) is 3.89. The molecule has 0 bridgehead atoms. The van der Waals surface area contributed by atoms with Crippen molar-refractivity contribution >= 4 is 28.2 Å². The van der Waals surface area contributed by atoms with Crippen molar-refractivity contribution in [1.82, 2.24) is 5.32 Å². The van der Waals surface area contributed by atoms with Gasteiger partial charge in [0, 0.05) is 12.5 Å². The van der Waals surface area contributed by atoms with Gasteiger partial charge in [-0.05, 0) is 35.1 Å². The summed E-state index contributed by atoms with van der Waals surface area (Å²) in [7, 11) is 0. The standard InChI is InChI=1S/C20H25N3O4S/c1-12(2)18(13-4-5-15-16(10-13)27-8-3-7-26-15)22-11-17(24)23-20-14(19(21)25)6-9-28-20/h4-6,9-10,12,18,22H,3,7-8,11H2,1-2H3,(H2,21,25)(H,23,24). The summed E-state index contributed by atoms with van der Waals surface area (Å²) in [5.74, 6) is 0.942. The number of amides is 2. The Morgan fingerprint density at radius 1 is 1.18 bits per heavy atom. The lowest BCUT2D eigenvalue weighted by Crippen LogP contribution is -2.33. The van der Waals surface area contributed by atoms with Gasteiger partial charge in [0.1, 0.15) is 5.00 Å². The van der Waals surface area contributed by atoms with Gasteiger partial charge in [0.05, 0.1) is 25.3 Å². The van der Waals surface area contributed by atoms with Crippen LogP contribution in [0, 0.1) is 5.92 Å². The highest BCUT2D eigenvalue weighted by Gasteiger charge is 2.20. The highest BCUT2D eigenvalue weighted by molar-refractivity contribution is 7.14. The van der Waals surface area contributed by atoms with Gasteiger partial charge in [-0.15, -0.1) is 11.3 Å².